The van der Waals surface area contributed by atoms with Crippen LogP contribution in [0.2, 0.25) is 0 Å². The topological polar surface area (TPSA) is 38.8 Å². The molecule has 0 spiro atoms. The number of ether oxygens (including phenoxy) is 2. The summed E-state index contributed by atoms with van der Waals surface area (Å²) in [6, 6.07) is 7.62. The SMILES string of the molecule is CCOc1ccccc1C(=O)CN(CC)C(C)COC. The molecule has 1 rings (SSSR count). The van der Waals surface area contributed by atoms with E-state index in [4.69, 9.17) is 9.47 Å². The number of Topliss-reactive ketones (excluding diaryl/α,β-unsaturated/α-hetero) is 1. The molecule has 1 atom stereocenters. The van der Waals surface area contributed by atoms with E-state index in [9.17, 15) is 4.79 Å². The largest absolute Gasteiger partial charge is 0.493 e. The van der Waals surface area contributed by atoms with Crippen LogP contribution in [0.15, 0.2) is 24.3 Å². The second-order valence-electron chi connectivity index (χ2n) is 4.72. The Kier molecular flexibility index (Phi) is 7.26. The number of methoxy groups -OCH3 is 1. The third-order valence-corrected chi connectivity index (χ3v) is 3.27. The van der Waals surface area contributed by atoms with E-state index >= 15 is 0 Å². The van der Waals surface area contributed by atoms with Crippen LogP contribution in [0.1, 0.15) is 31.1 Å². The van der Waals surface area contributed by atoms with Crippen molar-refractivity contribution in [2.45, 2.75) is 26.8 Å². The lowest BCUT2D eigenvalue weighted by Gasteiger charge is -2.26. The van der Waals surface area contributed by atoms with E-state index in [1.807, 2.05) is 38.1 Å². The Morgan fingerprint density at radius 2 is 2.00 bits per heavy atom. The van der Waals surface area contributed by atoms with Gasteiger partial charge in [-0.15, -0.1) is 0 Å². The molecule has 0 aliphatic rings. The van der Waals surface area contributed by atoms with Gasteiger partial charge >= 0.3 is 0 Å². The molecule has 4 heteroatoms. The van der Waals surface area contributed by atoms with Crippen molar-refractivity contribution in [3.63, 3.8) is 0 Å². The number of hydrogen-bond donors (Lipinski definition) is 0. The minimum atomic E-state index is 0.0823. The predicted molar refractivity (Wildman–Crippen MR) is 80.5 cm³/mol. The van der Waals surface area contributed by atoms with Gasteiger partial charge in [-0.1, -0.05) is 19.1 Å². The Bertz CT molecular complexity index is 420. The second kappa shape index (κ2) is 8.72. The van der Waals surface area contributed by atoms with E-state index in [0.717, 1.165) is 6.54 Å². The molecule has 0 radical (unpaired) electrons. The van der Waals surface area contributed by atoms with E-state index in [-0.39, 0.29) is 11.8 Å². The fourth-order valence-electron chi connectivity index (χ4n) is 2.17. The molecule has 0 N–H and O–H groups in total. The highest BCUT2D eigenvalue weighted by Crippen LogP contribution is 2.19. The number of para-hydroxylation sites is 1. The summed E-state index contributed by atoms with van der Waals surface area (Å²) in [4.78, 5) is 14.6. The van der Waals surface area contributed by atoms with Gasteiger partial charge in [0, 0.05) is 13.2 Å². The van der Waals surface area contributed by atoms with Crippen LogP contribution in [0.3, 0.4) is 0 Å². The molecule has 0 bridgehead atoms. The number of hydrogen-bond acceptors (Lipinski definition) is 4. The van der Waals surface area contributed by atoms with Gasteiger partial charge in [0.1, 0.15) is 5.75 Å². The zero-order valence-corrected chi connectivity index (χ0v) is 12.9. The summed E-state index contributed by atoms with van der Waals surface area (Å²) in [5.74, 6) is 0.745. The Morgan fingerprint density at radius 3 is 2.60 bits per heavy atom. The number of likely N-dealkylation sites (N-methyl/N-ethyl adjacent to an activating group) is 1. The van der Waals surface area contributed by atoms with Crippen molar-refractivity contribution in [2.24, 2.45) is 0 Å². The summed E-state index contributed by atoms with van der Waals surface area (Å²) >= 11 is 0. The number of ketones is 1. The highest BCUT2D eigenvalue weighted by Gasteiger charge is 2.18. The summed E-state index contributed by atoms with van der Waals surface area (Å²) in [5, 5.41) is 0. The summed E-state index contributed by atoms with van der Waals surface area (Å²) in [6.07, 6.45) is 0. The smallest absolute Gasteiger partial charge is 0.180 e. The Hall–Kier alpha value is -1.39. The number of rotatable bonds is 9. The molecule has 112 valence electrons. The molecule has 20 heavy (non-hydrogen) atoms. The highest BCUT2D eigenvalue weighted by molar-refractivity contribution is 6.00. The van der Waals surface area contributed by atoms with Gasteiger partial charge in [0.2, 0.25) is 0 Å². The Morgan fingerprint density at radius 1 is 1.30 bits per heavy atom. The maximum Gasteiger partial charge on any atom is 0.180 e. The van der Waals surface area contributed by atoms with Crippen LogP contribution in [0.4, 0.5) is 0 Å². The summed E-state index contributed by atoms with van der Waals surface area (Å²) < 4.78 is 10.7. The lowest BCUT2D eigenvalue weighted by molar-refractivity contribution is 0.0785. The van der Waals surface area contributed by atoms with Crippen molar-refractivity contribution in [2.75, 3.05) is 33.4 Å². The minimum Gasteiger partial charge on any atom is -0.493 e. The molecular weight excluding hydrogens is 254 g/mol. The monoisotopic (exact) mass is 279 g/mol. The molecule has 0 saturated carbocycles. The standard InChI is InChI=1S/C16H25NO3/c1-5-17(13(3)12-19-4)11-15(18)14-9-7-8-10-16(14)20-6-2/h7-10,13H,5-6,11-12H2,1-4H3. The molecule has 1 aromatic rings. The average molecular weight is 279 g/mol. The lowest BCUT2D eigenvalue weighted by atomic mass is 10.1. The third kappa shape index (κ3) is 4.62. The van der Waals surface area contributed by atoms with Gasteiger partial charge in [0.15, 0.2) is 5.78 Å². The number of carbonyl (C=O) groups excluding carboxylic acids is 1. The van der Waals surface area contributed by atoms with E-state index in [0.29, 0.717) is 31.1 Å². The fourth-order valence-corrected chi connectivity index (χ4v) is 2.17. The molecule has 0 heterocycles. The van der Waals surface area contributed by atoms with E-state index < -0.39 is 0 Å². The normalized spacial score (nSPS) is 12.4. The van der Waals surface area contributed by atoms with Gasteiger partial charge in [-0.2, -0.15) is 0 Å². The first kappa shape index (κ1) is 16.7. The minimum absolute atomic E-state index is 0.0823. The molecule has 0 aliphatic carbocycles. The molecule has 1 unspecified atom stereocenters. The van der Waals surface area contributed by atoms with Crippen molar-refractivity contribution in [1.82, 2.24) is 4.90 Å². The second-order valence-corrected chi connectivity index (χ2v) is 4.72. The van der Waals surface area contributed by atoms with Crippen LogP contribution in [-0.2, 0) is 4.74 Å². The van der Waals surface area contributed by atoms with Crippen molar-refractivity contribution >= 4 is 5.78 Å². The van der Waals surface area contributed by atoms with Crippen LogP contribution in [0, 0.1) is 0 Å². The number of nitrogens with zero attached hydrogens (tertiary/aromatic N) is 1. The van der Waals surface area contributed by atoms with Crippen molar-refractivity contribution in [3.05, 3.63) is 29.8 Å². The molecule has 0 aromatic heterocycles. The van der Waals surface area contributed by atoms with Crippen LogP contribution in [-0.4, -0.2) is 50.1 Å². The summed E-state index contributed by atoms with van der Waals surface area (Å²) in [5.41, 5.74) is 0.650. The number of benzene rings is 1. The number of carbonyl (C=O) groups is 1. The van der Waals surface area contributed by atoms with Gasteiger partial charge in [-0.25, -0.2) is 0 Å². The quantitative estimate of drug-likeness (QED) is 0.651. The predicted octanol–water partition coefficient (Wildman–Crippen LogP) is 2.62. The Balaban J connectivity index is 2.79. The fraction of sp³-hybridized carbons (Fsp3) is 0.562. The first-order valence-corrected chi connectivity index (χ1v) is 7.12. The molecule has 0 aliphatic heterocycles. The molecule has 1 aromatic carbocycles. The lowest BCUT2D eigenvalue weighted by Crippen LogP contribution is -2.39. The summed E-state index contributed by atoms with van der Waals surface area (Å²) in [7, 11) is 1.68. The summed E-state index contributed by atoms with van der Waals surface area (Å²) in [6.45, 7) is 8.40. The van der Waals surface area contributed by atoms with Crippen LogP contribution >= 0.6 is 0 Å². The molecule has 0 amide bonds. The molecular formula is C16H25NO3. The van der Waals surface area contributed by atoms with E-state index in [1.54, 1.807) is 7.11 Å². The first-order valence-electron chi connectivity index (χ1n) is 7.12. The molecule has 0 saturated heterocycles. The van der Waals surface area contributed by atoms with Gasteiger partial charge in [-0.05, 0) is 32.5 Å². The van der Waals surface area contributed by atoms with Gasteiger partial charge in [0.25, 0.3) is 0 Å². The van der Waals surface area contributed by atoms with E-state index in [1.165, 1.54) is 0 Å². The maximum atomic E-state index is 12.5. The van der Waals surface area contributed by atoms with Gasteiger partial charge in [-0.3, -0.25) is 9.69 Å². The van der Waals surface area contributed by atoms with Crippen molar-refractivity contribution in [1.29, 1.82) is 0 Å². The zero-order valence-electron chi connectivity index (χ0n) is 12.9. The van der Waals surface area contributed by atoms with Crippen molar-refractivity contribution in [3.8, 4) is 5.75 Å². The zero-order chi connectivity index (χ0) is 15.0. The maximum absolute atomic E-state index is 12.5. The third-order valence-electron chi connectivity index (χ3n) is 3.27. The van der Waals surface area contributed by atoms with Crippen LogP contribution in [0.5, 0.6) is 5.75 Å². The average Bonchev–Trinajstić information content (AvgIpc) is 2.45. The van der Waals surface area contributed by atoms with Gasteiger partial charge in [0.05, 0.1) is 25.3 Å². The van der Waals surface area contributed by atoms with Crippen LogP contribution in [0.25, 0.3) is 0 Å². The Labute approximate surface area is 121 Å². The first-order chi connectivity index (χ1) is 9.63. The van der Waals surface area contributed by atoms with E-state index in [2.05, 4.69) is 11.8 Å². The van der Waals surface area contributed by atoms with Crippen molar-refractivity contribution < 1.29 is 14.3 Å². The van der Waals surface area contributed by atoms with Crippen LogP contribution < -0.4 is 4.74 Å². The molecule has 0 fully saturated rings. The highest BCUT2D eigenvalue weighted by atomic mass is 16.5. The molecule has 4 nitrogen and oxygen atoms in total. The van der Waals surface area contributed by atoms with Gasteiger partial charge < -0.3 is 9.47 Å².